The van der Waals surface area contributed by atoms with E-state index in [0.717, 1.165) is 31.2 Å². The monoisotopic (exact) mass is 302 g/mol. The van der Waals surface area contributed by atoms with Gasteiger partial charge in [0.05, 0.1) is 11.1 Å². The predicted octanol–water partition coefficient (Wildman–Crippen LogP) is 2.45. The van der Waals surface area contributed by atoms with E-state index in [2.05, 4.69) is 0 Å². The molecular formula is C16H18N2O2S. The highest BCUT2D eigenvalue weighted by atomic mass is 32.1. The molecule has 2 aliphatic rings. The number of benzene rings is 1. The van der Waals surface area contributed by atoms with Gasteiger partial charge in [0.25, 0.3) is 0 Å². The average molecular weight is 302 g/mol. The second-order valence-corrected chi connectivity index (χ2v) is 6.50. The van der Waals surface area contributed by atoms with Crippen LogP contribution in [0.4, 0.5) is 5.69 Å². The number of rotatable bonds is 2. The number of aryl methyl sites for hydroxylation is 1. The van der Waals surface area contributed by atoms with Crippen LogP contribution in [0.15, 0.2) is 18.2 Å². The molecular weight excluding hydrogens is 284 g/mol. The fourth-order valence-corrected chi connectivity index (χ4v) is 3.61. The Bertz CT molecular complexity index is 648. The summed E-state index contributed by atoms with van der Waals surface area (Å²) < 4.78 is 0. The fraction of sp³-hybridized carbons (Fsp3) is 0.438. The van der Waals surface area contributed by atoms with Gasteiger partial charge in [-0.05, 0) is 31.4 Å². The summed E-state index contributed by atoms with van der Waals surface area (Å²) in [6.45, 7) is 1.89. The number of nitrogens with zero attached hydrogens (tertiary/aromatic N) is 1. The molecule has 0 unspecified atom stereocenters. The predicted molar refractivity (Wildman–Crippen MR) is 85.1 cm³/mol. The van der Waals surface area contributed by atoms with Crippen molar-refractivity contribution in [3.05, 3.63) is 29.3 Å². The van der Waals surface area contributed by atoms with Gasteiger partial charge in [-0.1, -0.05) is 37.2 Å². The number of carbonyl (C=O) groups is 2. The first-order valence-electron chi connectivity index (χ1n) is 7.22. The Labute approximate surface area is 129 Å². The van der Waals surface area contributed by atoms with Gasteiger partial charge in [-0.25, -0.2) is 4.90 Å². The van der Waals surface area contributed by atoms with Crippen molar-refractivity contribution in [2.45, 2.75) is 39.0 Å². The number of hydrogen-bond donors (Lipinski definition) is 1. The highest BCUT2D eigenvalue weighted by molar-refractivity contribution is 7.80. The highest BCUT2D eigenvalue weighted by Crippen LogP contribution is 2.48. The molecule has 2 N–H and O–H groups in total. The molecule has 0 radical (unpaired) electrons. The molecule has 1 aromatic carbocycles. The van der Waals surface area contributed by atoms with Crippen molar-refractivity contribution in [1.82, 2.24) is 0 Å². The van der Waals surface area contributed by atoms with Crippen molar-refractivity contribution in [3.8, 4) is 0 Å². The maximum absolute atomic E-state index is 12.8. The van der Waals surface area contributed by atoms with E-state index < -0.39 is 5.41 Å². The van der Waals surface area contributed by atoms with Crippen molar-refractivity contribution >= 4 is 34.7 Å². The van der Waals surface area contributed by atoms with E-state index >= 15 is 0 Å². The van der Waals surface area contributed by atoms with Gasteiger partial charge < -0.3 is 5.73 Å². The van der Waals surface area contributed by atoms with Crippen LogP contribution in [0.25, 0.3) is 0 Å². The van der Waals surface area contributed by atoms with Crippen LogP contribution >= 0.6 is 12.2 Å². The quantitative estimate of drug-likeness (QED) is 0.673. The van der Waals surface area contributed by atoms with E-state index in [0.29, 0.717) is 17.7 Å². The second-order valence-electron chi connectivity index (χ2n) is 6.06. The molecule has 3 rings (SSSR count). The lowest BCUT2D eigenvalue weighted by molar-refractivity contribution is -0.125. The van der Waals surface area contributed by atoms with Gasteiger partial charge in [-0.15, -0.1) is 0 Å². The Morgan fingerprint density at radius 3 is 2.57 bits per heavy atom. The normalized spacial score (nSPS) is 20.5. The van der Waals surface area contributed by atoms with Crippen LogP contribution in [0, 0.1) is 12.3 Å². The Morgan fingerprint density at radius 1 is 1.29 bits per heavy atom. The van der Waals surface area contributed by atoms with Gasteiger partial charge in [-0.3, -0.25) is 9.59 Å². The molecule has 1 saturated heterocycles. The van der Waals surface area contributed by atoms with Gasteiger partial charge in [-0.2, -0.15) is 0 Å². The lowest BCUT2D eigenvalue weighted by Crippen LogP contribution is -2.35. The molecule has 1 saturated carbocycles. The highest BCUT2D eigenvalue weighted by Gasteiger charge is 2.53. The molecule has 0 bridgehead atoms. The van der Waals surface area contributed by atoms with Crippen molar-refractivity contribution < 1.29 is 9.59 Å². The Balaban J connectivity index is 2.04. The molecule has 1 heterocycles. The van der Waals surface area contributed by atoms with Crippen molar-refractivity contribution in [2.75, 3.05) is 4.90 Å². The van der Waals surface area contributed by atoms with Crippen LogP contribution in [-0.4, -0.2) is 16.8 Å². The largest absolute Gasteiger partial charge is 0.389 e. The van der Waals surface area contributed by atoms with Crippen LogP contribution in [0.3, 0.4) is 0 Å². The second kappa shape index (κ2) is 4.91. The molecule has 1 aromatic rings. The zero-order chi connectivity index (χ0) is 15.2. The minimum atomic E-state index is -0.456. The minimum Gasteiger partial charge on any atom is -0.389 e. The van der Waals surface area contributed by atoms with Crippen LogP contribution in [-0.2, 0) is 9.59 Å². The average Bonchev–Trinajstić information content (AvgIpc) is 2.98. The number of imide groups is 1. The number of anilines is 1. The topological polar surface area (TPSA) is 63.4 Å². The molecule has 1 aliphatic heterocycles. The van der Waals surface area contributed by atoms with E-state index in [1.54, 1.807) is 6.07 Å². The third-order valence-electron chi connectivity index (χ3n) is 4.69. The zero-order valence-corrected chi connectivity index (χ0v) is 12.8. The summed E-state index contributed by atoms with van der Waals surface area (Å²) in [4.78, 5) is 26.9. The molecule has 1 spiro atoms. The summed E-state index contributed by atoms with van der Waals surface area (Å²) in [7, 11) is 0. The maximum atomic E-state index is 12.8. The van der Waals surface area contributed by atoms with Gasteiger partial charge in [0, 0.05) is 12.0 Å². The molecule has 4 nitrogen and oxygen atoms in total. The van der Waals surface area contributed by atoms with Crippen LogP contribution in [0.5, 0.6) is 0 Å². The molecule has 110 valence electrons. The lowest BCUT2D eigenvalue weighted by atomic mass is 9.84. The van der Waals surface area contributed by atoms with Gasteiger partial charge >= 0.3 is 0 Å². The van der Waals surface area contributed by atoms with Crippen LogP contribution in [0.1, 0.15) is 43.2 Å². The first-order chi connectivity index (χ1) is 9.94. The molecule has 1 aliphatic carbocycles. The molecule has 21 heavy (non-hydrogen) atoms. The number of nitrogens with two attached hydrogens (primary N) is 1. The Kier molecular flexibility index (Phi) is 3.32. The smallest absolute Gasteiger partial charge is 0.240 e. The lowest BCUT2D eigenvalue weighted by Gasteiger charge is -2.22. The fourth-order valence-electron chi connectivity index (χ4n) is 3.48. The van der Waals surface area contributed by atoms with Crippen molar-refractivity contribution in [1.29, 1.82) is 0 Å². The summed E-state index contributed by atoms with van der Waals surface area (Å²) in [5.41, 5.74) is 7.39. The SMILES string of the molecule is Cc1ccc(C(N)=S)cc1N1C(=O)CC2(CCCC2)C1=O. The van der Waals surface area contributed by atoms with Gasteiger partial charge in [0.2, 0.25) is 11.8 Å². The number of thiocarbonyl (C=S) groups is 1. The van der Waals surface area contributed by atoms with E-state index in [-0.39, 0.29) is 16.8 Å². The summed E-state index contributed by atoms with van der Waals surface area (Å²) in [5, 5.41) is 0. The van der Waals surface area contributed by atoms with E-state index in [4.69, 9.17) is 18.0 Å². The summed E-state index contributed by atoms with van der Waals surface area (Å²) in [6, 6.07) is 5.42. The maximum Gasteiger partial charge on any atom is 0.240 e. The van der Waals surface area contributed by atoms with Crippen molar-refractivity contribution in [2.24, 2.45) is 11.1 Å². The zero-order valence-electron chi connectivity index (χ0n) is 12.0. The number of carbonyl (C=O) groups excluding carboxylic acids is 2. The van der Waals surface area contributed by atoms with E-state index in [1.165, 1.54) is 4.90 Å². The summed E-state index contributed by atoms with van der Waals surface area (Å²) in [5.74, 6) is -0.154. The number of amides is 2. The standard InChI is InChI=1S/C16H18N2O2S/c1-10-4-5-11(14(17)21)8-12(10)18-13(19)9-16(15(18)20)6-2-3-7-16/h4-5,8H,2-3,6-7,9H2,1H3,(H2,17,21). The Morgan fingerprint density at radius 2 is 1.95 bits per heavy atom. The van der Waals surface area contributed by atoms with Gasteiger partial charge in [0.15, 0.2) is 0 Å². The summed E-state index contributed by atoms with van der Waals surface area (Å²) in [6.07, 6.45) is 4.03. The van der Waals surface area contributed by atoms with Gasteiger partial charge in [0.1, 0.15) is 4.99 Å². The Hall–Kier alpha value is -1.75. The van der Waals surface area contributed by atoms with E-state index in [1.807, 2.05) is 19.1 Å². The first-order valence-corrected chi connectivity index (χ1v) is 7.63. The molecule has 0 atom stereocenters. The minimum absolute atomic E-state index is 0.0480. The third-order valence-corrected chi connectivity index (χ3v) is 4.93. The van der Waals surface area contributed by atoms with E-state index in [9.17, 15) is 9.59 Å². The number of hydrogen-bond acceptors (Lipinski definition) is 3. The molecule has 0 aromatic heterocycles. The molecule has 2 amide bonds. The van der Waals surface area contributed by atoms with Crippen LogP contribution in [0.2, 0.25) is 0 Å². The van der Waals surface area contributed by atoms with Crippen molar-refractivity contribution in [3.63, 3.8) is 0 Å². The third kappa shape index (κ3) is 2.16. The molecule has 2 fully saturated rings. The first kappa shape index (κ1) is 14.2. The summed E-state index contributed by atoms with van der Waals surface area (Å²) >= 11 is 4.99. The van der Waals surface area contributed by atoms with Crippen LogP contribution < -0.4 is 10.6 Å². The molecule has 5 heteroatoms.